The minimum Gasteiger partial charge on any atom is -0.379 e. The molecule has 9 nitrogen and oxygen atoms in total. The first-order valence-corrected chi connectivity index (χ1v) is 9.66. The van der Waals surface area contributed by atoms with Crippen molar-refractivity contribution in [2.75, 3.05) is 33.4 Å². The van der Waals surface area contributed by atoms with E-state index in [9.17, 15) is 14.4 Å². The molecule has 0 aromatic carbocycles. The summed E-state index contributed by atoms with van der Waals surface area (Å²) >= 11 is 1.60. The van der Waals surface area contributed by atoms with Crippen LogP contribution in [-0.2, 0) is 29.2 Å². The van der Waals surface area contributed by atoms with Crippen molar-refractivity contribution in [3.8, 4) is 0 Å². The van der Waals surface area contributed by atoms with E-state index in [0.717, 1.165) is 43.5 Å². The second kappa shape index (κ2) is 9.07. The van der Waals surface area contributed by atoms with Crippen molar-refractivity contribution in [3.05, 3.63) is 49.2 Å². The van der Waals surface area contributed by atoms with Gasteiger partial charge in [-0.1, -0.05) is 0 Å². The number of carbonyl (C=O) groups excluding carboxylic acids is 1. The lowest BCUT2D eigenvalue weighted by molar-refractivity contribution is -0.130. The van der Waals surface area contributed by atoms with Gasteiger partial charge < -0.3 is 14.2 Å². The van der Waals surface area contributed by atoms with Crippen LogP contribution in [0.5, 0.6) is 0 Å². The molecule has 0 atom stereocenters. The number of hydrogen-bond donors (Lipinski definition) is 1. The van der Waals surface area contributed by atoms with Crippen molar-refractivity contribution in [1.29, 1.82) is 0 Å². The molecule has 1 N–H and O–H groups in total. The number of carbonyl (C=O) groups is 1. The summed E-state index contributed by atoms with van der Waals surface area (Å²) in [6.45, 7) is 4.80. The molecule has 1 aliphatic heterocycles. The Morgan fingerprint density at radius 1 is 1.37 bits per heavy atom. The Morgan fingerprint density at radius 3 is 2.89 bits per heavy atom. The van der Waals surface area contributed by atoms with Gasteiger partial charge in [-0.3, -0.25) is 19.5 Å². The van der Waals surface area contributed by atoms with Gasteiger partial charge in [-0.15, -0.1) is 11.3 Å². The van der Waals surface area contributed by atoms with Crippen LogP contribution in [0.2, 0.25) is 0 Å². The van der Waals surface area contributed by atoms with Crippen molar-refractivity contribution < 1.29 is 9.53 Å². The highest BCUT2D eigenvalue weighted by atomic mass is 32.1. The molecule has 0 unspecified atom stereocenters. The van der Waals surface area contributed by atoms with Gasteiger partial charge >= 0.3 is 5.69 Å². The number of morpholine rings is 1. The highest BCUT2D eigenvalue weighted by Crippen LogP contribution is 2.15. The van der Waals surface area contributed by atoms with E-state index in [1.54, 1.807) is 23.3 Å². The summed E-state index contributed by atoms with van der Waals surface area (Å²) in [5.41, 5.74) is -0.0957. The van der Waals surface area contributed by atoms with Gasteiger partial charge in [-0.2, -0.15) is 0 Å². The average Bonchev–Trinajstić information content (AvgIpc) is 3.08. The Balaban J connectivity index is 1.49. The van der Waals surface area contributed by atoms with E-state index in [-0.39, 0.29) is 18.9 Å². The molecule has 0 radical (unpaired) electrons. The molecule has 1 saturated heterocycles. The Morgan fingerprint density at radius 2 is 2.15 bits per heavy atom. The number of nitrogens with zero attached hydrogens (tertiary/aromatic N) is 4. The molecule has 0 spiro atoms. The number of thiazole rings is 1. The lowest BCUT2D eigenvalue weighted by Gasteiger charge is -2.25. The molecule has 3 rings (SSSR count). The van der Waals surface area contributed by atoms with E-state index in [1.807, 2.05) is 5.38 Å². The van der Waals surface area contributed by atoms with E-state index < -0.39 is 11.2 Å². The van der Waals surface area contributed by atoms with Gasteiger partial charge in [0.1, 0.15) is 5.01 Å². The fourth-order valence-corrected chi connectivity index (χ4v) is 3.63. The van der Waals surface area contributed by atoms with Gasteiger partial charge in [0.25, 0.3) is 5.56 Å². The molecular formula is C17H23N5O4S. The largest absolute Gasteiger partial charge is 0.379 e. The number of aromatic amines is 1. The molecule has 0 bridgehead atoms. The highest BCUT2D eigenvalue weighted by molar-refractivity contribution is 7.09. The number of H-pyrrole nitrogens is 1. The van der Waals surface area contributed by atoms with Gasteiger partial charge in [0.2, 0.25) is 5.91 Å². The second-order valence-electron chi connectivity index (χ2n) is 6.42. The average molecular weight is 393 g/mol. The predicted octanol–water partition coefficient (Wildman–Crippen LogP) is -0.126. The Bertz CT molecular complexity index is 884. The van der Waals surface area contributed by atoms with Crippen LogP contribution in [0.25, 0.3) is 0 Å². The molecule has 1 fully saturated rings. The van der Waals surface area contributed by atoms with Crippen molar-refractivity contribution in [2.45, 2.75) is 26.1 Å². The van der Waals surface area contributed by atoms with Gasteiger partial charge in [0, 0.05) is 50.7 Å². The smallest absolute Gasteiger partial charge is 0.328 e. The third-order valence-electron chi connectivity index (χ3n) is 4.35. The first-order valence-electron chi connectivity index (χ1n) is 8.78. The van der Waals surface area contributed by atoms with Gasteiger partial charge in [0.15, 0.2) is 0 Å². The Kier molecular flexibility index (Phi) is 6.54. The zero-order valence-corrected chi connectivity index (χ0v) is 16.0. The molecule has 2 aromatic rings. The summed E-state index contributed by atoms with van der Waals surface area (Å²) in [5.74, 6) is -0.0872. The molecule has 146 valence electrons. The third kappa shape index (κ3) is 5.59. The van der Waals surface area contributed by atoms with Crippen LogP contribution in [0.3, 0.4) is 0 Å². The van der Waals surface area contributed by atoms with Crippen molar-refractivity contribution in [1.82, 2.24) is 24.3 Å². The zero-order valence-electron chi connectivity index (χ0n) is 15.2. The van der Waals surface area contributed by atoms with Crippen molar-refractivity contribution in [3.63, 3.8) is 0 Å². The van der Waals surface area contributed by atoms with Crippen molar-refractivity contribution >= 4 is 17.2 Å². The van der Waals surface area contributed by atoms with E-state index in [2.05, 4.69) is 14.9 Å². The monoisotopic (exact) mass is 393 g/mol. The topological polar surface area (TPSA) is 101 Å². The van der Waals surface area contributed by atoms with Crippen LogP contribution < -0.4 is 11.2 Å². The first kappa shape index (κ1) is 19.5. The van der Waals surface area contributed by atoms with Crippen LogP contribution in [0.4, 0.5) is 0 Å². The predicted molar refractivity (Wildman–Crippen MR) is 101 cm³/mol. The summed E-state index contributed by atoms with van der Waals surface area (Å²) in [7, 11) is 1.72. The number of rotatable bonds is 7. The zero-order chi connectivity index (χ0) is 19.2. The van der Waals surface area contributed by atoms with Crippen LogP contribution in [-0.4, -0.2) is 63.6 Å². The quantitative estimate of drug-likeness (QED) is 0.704. The number of ether oxygens (including phenoxy) is 1. The maximum Gasteiger partial charge on any atom is 0.328 e. The molecule has 27 heavy (non-hydrogen) atoms. The molecule has 10 heteroatoms. The van der Waals surface area contributed by atoms with Gasteiger partial charge in [-0.05, 0) is 0 Å². The lowest BCUT2D eigenvalue weighted by atomic mass is 10.3. The van der Waals surface area contributed by atoms with Crippen molar-refractivity contribution in [2.24, 2.45) is 0 Å². The fourth-order valence-electron chi connectivity index (χ4n) is 2.80. The number of aryl methyl sites for hydroxylation is 1. The Hall–Kier alpha value is -2.30. The normalized spacial score (nSPS) is 15.0. The van der Waals surface area contributed by atoms with Gasteiger partial charge in [-0.25, -0.2) is 9.78 Å². The fraction of sp³-hybridized carbons (Fsp3) is 0.529. The van der Waals surface area contributed by atoms with Crippen LogP contribution in [0.15, 0.2) is 27.2 Å². The van der Waals surface area contributed by atoms with E-state index in [1.165, 1.54) is 16.8 Å². The maximum absolute atomic E-state index is 12.3. The number of amides is 1. The van der Waals surface area contributed by atoms with Crippen LogP contribution in [0.1, 0.15) is 17.1 Å². The number of nitrogens with one attached hydrogen (secondary N) is 1. The van der Waals surface area contributed by atoms with E-state index in [0.29, 0.717) is 6.54 Å². The SMILES string of the molecule is CN(Cc1csc(CN2CCOCC2)n1)C(=O)CCn1ccc(=O)[nH]c1=O. The highest BCUT2D eigenvalue weighted by Gasteiger charge is 2.15. The molecule has 0 aliphatic carbocycles. The molecular weight excluding hydrogens is 370 g/mol. The van der Waals surface area contributed by atoms with Gasteiger partial charge in [0.05, 0.1) is 32.0 Å². The minimum absolute atomic E-state index is 0.0872. The molecule has 2 aromatic heterocycles. The van der Waals surface area contributed by atoms with E-state index >= 15 is 0 Å². The molecule has 3 heterocycles. The van der Waals surface area contributed by atoms with Crippen LogP contribution >= 0.6 is 11.3 Å². The number of aromatic nitrogens is 3. The molecule has 0 saturated carbocycles. The summed E-state index contributed by atoms with van der Waals surface area (Å²) in [6, 6.07) is 1.26. The summed E-state index contributed by atoms with van der Waals surface area (Å²) in [4.78, 5) is 45.7. The maximum atomic E-state index is 12.3. The Labute approximate surface area is 160 Å². The third-order valence-corrected chi connectivity index (χ3v) is 5.23. The van der Waals surface area contributed by atoms with E-state index in [4.69, 9.17) is 4.74 Å². The molecule has 1 amide bonds. The second-order valence-corrected chi connectivity index (χ2v) is 7.37. The molecule has 1 aliphatic rings. The summed E-state index contributed by atoms with van der Waals surface area (Å²) < 4.78 is 6.66. The lowest BCUT2D eigenvalue weighted by Crippen LogP contribution is -2.35. The van der Waals surface area contributed by atoms with Crippen LogP contribution in [0, 0.1) is 0 Å². The number of hydrogen-bond acceptors (Lipinski definition) is 7. The summed E-state index contributed by atoms with van der Waals surface area (Å²) in [5, 5.41) is 3.01. The summed E-state index contributed by atoms with van der Waals surface area (Å²) in [6.07, 6.45) is 1.57. The minimum atomic E-state index is -0.509. The first-order chi connectivity index (χ1) is 13.0. The standard InChI is InChI=1S/C17H23N5O4S/c1-20(16(24)3-5-22-4-2-14(23)19-17(22)25)10-13-12-27-15(18-13)11-21-6-8-26-9-7-21/h2,4,12H,3,5-11H2,1H3,(H,19,23,25).